The van der Waals surface area contributed by atoms with Crippen molar-refractivity contribution >= 4 is 23.2 Å². The molecule has 0 radical (unpaired) electrons. The van der Waals surface area contributed by atoms with E-state index in [1.807, 2.05) is 12.1 Å². The fraction of sp³-hybridized carbons (Fsp3) is 0.100. The number of hydrogen-bond donors (Lipinski definition) is 1. The summed E-state index contributed by atoms with van der Waals surface area (Å²) in [7, 11) is 0. The molecule has 2 rings (SSSR count). The monoisotopic (exact) mass is 241 g/mol. The van der Waals surface area contributed by atoms with E-state index in [1.165, 1.54) is 0 Å². The summed E-state index contributed by atoms with van der Waals surface area (Å²) in [6, 6.07) is 7.32. The maximum absolute atomic E-state index is 6.09. The van der Waals surface area contributed by atoms with Gasteiger partial charge < -0.3 is 5.73 Å². The van der Waals surface area contributed by atoms with E-state index < -0.39 is 0 Å². The molecular formula is C10H9Cl2N3. The van der Waals surface area contributed by atoms with Crippen LogP contribution in [0.5, 0.6) is 0 Å². The molecule has 1 aromatic heterocycles. The smallest absolute Gasteiger partial charge is 0.137 e. The summed E-state index contributed by atoms with van der Waals surface area (Å²) in [5.74, 6) is 0. The van der Waals surface area contributed by atoms with Crippen LogP contribution >= 0.6 is 23.2 Å². The molecule has 1 heterocycles. The number of benzene rings is 1. The van der Waals surface area contributed by atoms with Gasteiger partial charge in [0.25, 0.3) is 0 Å². The zero-order valence-electron chi connectivity index (χ0n) is 7.82. The molecule has 1 aromatic carbocycles. The van der Waals surface area contributed by atoms with Crippen LogP contribution in [0.15, 0.2) is 30.5 Å². The lowest BCUT2D eigenvalue weighted by molar-refractivity contribution is 0.880. The van der Waals surface area contributed by atoms with Crippen molar-refractivity contribution in [3.8, 4) is 5.69 Å². The van der Waals surface area contributed by atoms with Crippen LogP contribution in [0, 0.1) is 0 Å². The minimum atomic E-state index is 0.374. The zero-order chi connectivity index (χ0) is 10.8. The van der Waals surface area contributed by atoms with Gasteiger partial charge in [0.2, 0.25) is 0 Å². The van der Waals surface area contributed by atoms with Crippen molar-refractivity contribution in [1.82, 2.24) is 9.78 Å². The highest BCUT2D eigenvalue weighted by Crippen LogP contribution is 2.21. The Morgan fingerprint density at radius 2 is 2.13 bits per heavy atom. The van der Waals surface area contributed by atoms with E-state index in [-0.39, 0.29) is 0 Å². The van der Waals surface area contributed by atoms with Gasteiger partial charge >= 0.3 is 0 Å². The molecule has 0 saturated heterocycles. The van der Waals surface area contributed by atoms with Gasteiger partial charge in [0, 0.05) is 17.1 Å². The van der Waals surface area contributed by atoms with Crippen molar-refractivity contribution in [2.24, 2.45) is 5.73 Å². The molecule has 0 bridgehead atoms. The molecule has 2 N–H and O–H groups in total. The minimum Gasteiger partial charge on any atom is -0.326 e. The molecule has 5 heteroatoms. The highest BCUT2D eigenvalue weighted by molar-refractivity contribution is 6.31. The largest absolute Gasteiger partial charge is 0.326 e. The predicted molar refractivity (Wildman–Crippen MR) is 61.5 cm³/mol. The topological polar surface area (TPSA) is 43.8 Å². The number of hydrogen-bond acceptors (Lipinski definition) is 2. The molecule has 0 fully saturated rings. The zero-order valence-corrected chi connectivity index (χ0v) is 9.33. The maximum Gasteiger partial charge on any atom is 0.137 e. The maximum atomic E-state index is 6.09. The van der Waals surface area contributed by atoms with Crippen LogP contribution in [0.3, 0.4) is 0 Å². The van der Waals surface area contributed by atoms with Gasteiger partial charge in [-0.1, -0.05) is 29.3 Å². The Bertz CT molecular complexity index is 479. The van der Waals surface area contributed by atoms with Crippen molar-refractivity contribution in [1.29, 1.82) is 0 Å². The molecule has 15 heavy (non-hydrogen) atoms. The van der Waals surface area contributed by atoms with E-state index in [0.29, 0.717) is 16.7 Å². The van der Waals surface area contributed by atoms with Crippen molar-refractivity contribution < 1.29 is 0 Å². The molecule has 0 spiro atoms. The van der Waals surface area contributed by atoms with Gasteiger partial charge in [0.05, 0.1) is 11.9 Å². The van der Waals surface area contributed by atoms with E-state index in [1.54, 1.807) is 23.0 Å². The van der Waals surface area contributed by atoms with Crippen LogP contribution in [0.2, 0.25) is 10.2 Å². The van der Waals surface area contributed by atoms with E-state index in [9.17, 15) is 0 Å². The van der Waals surface area contributed by atoms with Crippen molar-refractivity contribution in [3.63, 3.8) is 0 Å². The van der Waals surface area contributed by atoms with Crippen molar-refractivity contribution in [2.75, 3.05) is 0 Å². The fourth-order valence-electron chi connectivity index (χ4n) is 1.29. The Kier molecular flexibility index (Phi) is 2.95. The first-order valence-electron chi connectivity index (χ1n) is 4.41. The normalized spacial score (nSPS) is 10.6. The third-order valence-electron chi connectivity index (χ3n) is 2.05. The van der Waals surface area contributed by atoms with E-state index in [0.717, 1.165) is 11.3 Å². The van der Waals surface area contributed by atoms with Crippen LogP contribution in [0.4, 0.5) is 0 Å². The van der Waals surface area contributed by atoms with Gasteiger partial charge in [-0.15, -0.1) is 0 Å². The summed E-state index contributed by atoms with van der Waals surface area (Å²) in [5, 5.41) is 5.32. The van der Waals surface area contributed by atoms with Crippen LogP contribution in [0.25, 0.3) is 5.69 Å². The highest BCUT2D eigenvalue weighted by Gasteiger charge is 2.08. The lowest BCUT2D eigenvalue weighted by Crippen LogP contribution is -1.98. The number of rotatable bonds is 2. The first kappa shape index (κ1) is 10.5. The second-order valence-electron chi connectivity index (χ2n) is 3.06. The second-order valence-corrected chi connectivity index (χ2v) is 3.85. The van der Waals surface area contributed by atoms with Crippen LogP contribution in [0.1, 0.15) is 5.56 Å². The number of nitrogens with zero attached hydrogens (tertiary/aromatic N) is 2. The Morgan fingerprint density at radius 3 is 2.73 bits per heavy atom. The Hall–Kier alpha value is -1.03. The lowest BCUT2D eigenvalue weighted by atomic mass is 10.3. The molecule has 2 aromatic rings. The van der Waals surface area contributed by atoms with E-state index in [2.05, 4.69) is 5.10 Å². The fourth-order valence-corrected chi connectivity index (χ4v) is 1.74. The van der Waals surface area contributed by atoms with Gasteiger partial charge in [-0.2, -0.15) is 5.10 Å². The third-order valence-corrected chi connectivity index (χ3v) is 2.69. The van der Waals surface area contributed by atoms with Gasteiger partial charge in [-0.3, -0.25) is 0 Å². The summed E-state index contributed by atoms with van der Waals surface area (Å²) in [4.78, 5) is 0. The predicted octanol–water partition coefficient (Wildman–Crippen LogP) is 2.64. The molecule has 3 nitrogen and oxygen atoms in total. The third kappa shape index (κ3) is 2.00. The van der Waals surface area contributed by atoms with Crippen LogP contribution in [-0.4, -0.2) is 9.78 Å². The molecule has 0 atom stereocenters. The summed E-state index contributed by atoms with van der Waals surface area (Å²) >= 11 is 12.0. The van der Waals surface area contributed by atoms with Gasteiger partial charge in [0.1, 0.15) is 5.15 Å². The van der Waals surface area contributed by atoms with Gasteiger partial charge in [0.15, 0.2) is 0 Å². The Morgan fingerprint density at radius 1 is 1.33 bits per heavy atom. The van der Waals surface area contributed by atoms with Gasteiger partial charge in [-0.25, -0.2) is 4.68 Å². The summed E-state index contributed by atoms with van der Waals surface area (Å²) < 4.78 is 1.61. The van der Waals surface area contributed by atoms with Gasteiger partial charge in [-0.05, 0) is 18.2 Å². The summed E-state index contributed by atoms with van der Waals surface area (Å²) in [6.07, 6.45) is 1.66. The average molecular weight is 242 g/mol. The molecule has 78 valence electrons. The lowest BCUT2D eigenvalue weighted by Gasteiger charge is -2.03. The molecule has 0 saturated carbocycles. The minimum absolute atomic E-state index is 0.374. The number of nitrogens with two attached hydrogens (primary N) is 1. The molecule has 0 unspecified atom stereocenters. The van der Waals surface area contributed by atoms with Crippen LogP contribution in [-0.2, 0) is 6.54 Å². The Balaban J connectivity index is 2.49. The molecule has 0 amide bonds. The highest BCUT2D eigenvalue weighted by atomic mass is 35.5. The Labute approximate surface area is 97.4 Å². The molecule has 0 aliphatic carbocycles. The first-order valence-corrected chi connectivity index (χ1v) is 5.16. The SMILES string of the molecule is NCc1cnn(-c2cccc(Cl)c2)c1Cl. The quantitative estimate of drug-likeness (QED) is 0.879. The van der Waals surface area contributed by atoms with Crippen molar-refractivity contribution in [2.45, 2.75) is 6.54 Å². The number of halogens is 2. The van der Waals surface area contributed by atoms with E-state index >= 15 is 0 Å². The van der Waals surface area contributed by atoms with Crippen molar-refractivity contribution in [3.05, 3.63) is 46.2 Å². The standard InChI is InChI=1S/C10H9Cl2N3/c11-8-2-1-3-9(4-8)15-10(12)7(5-13)6-14-15/h1-4,6H,5,13H2. The summed E-state index contributed by atoms with van der Waals surface area (Å²) in [5.41, 5.74) is 7.15. The first-order chi connectivity index (χ1) is 7.22. The van der Waals surface area contributed by atoms with E-state index in [4.69, 9.17) is 28.9 Å². The second kappa shape index (κ2) is 4.23. The molecule has 0 aliphatic heterocycles. The average Bonchev–Trinajstić information content (AvgIpc) is 2.59. The molecular weight excluding hydrogens is 233 g/mol. The van der Waals surface area contributed by atoms with Crippen LogP contribution < -0.4 is 5.73 Å². The summed E-state index contributed by atoms with van der Waals surface area (Å²) in [6.45, 7) is 0.374. The molecule has 0 aliphatic rings. The number of aromatic nitrogens is 2.